The lowest BCUT2D eigenvalue weighted by molar-refractivity contribution is -0.127. The van der Waals surface area contributed by atoms with E-state index in [1.807, 2.05) is 6.07 Å². The molecular weight excluding hydrogens is 379 g/mol. The highest BCUT2D eigenvalue weighted by Gasteiger charge is 2.34. The van der Waals surface area contributed by atoms with E-state index in [2.05, 4.69) is 5.32 Å². The van der Waals surface area contributed by atoms with Crippen molar-refractivity contribution in [3.05, 3.63) is 71.4 Å². The molecule has 1 aliphatic rings. The molecule has 0 fully saturated rings. The van der Waals surface area contributed by atoms with Crippen molar-refractivity contribution in [2.24, 2.45) is 0 Å². The van der Waals surface area contributed by atoms with Crippen LogP contribution < -0.4 is 15.0 Å². The molecule has 5 nitrogen and oxygen atoms in total. The number of anilines is 1. The molecular formula is C21H17FN2O3S. The van der Waals surface area contributed by atoms with Crippen LogP contribution in [0.4, 0.5) is 10.1 Å². The van der Waals surface area contributed by atoms with Crippen LogP contribution >= 0.6 is 11.3 Å². The summed E-state index contributed by atoms with van der Waals surface area (Å²) in [6.07, 6.45) is -0.796. The molecule has 3 aromatic rings. The molecule has 7 heteroatoms. The van der Waals surface area contributed by atoms with E-state index in [1.54, 1.807) is 48.5 Å². The van der Waals surface area contributed by atoms with Crippen LogP contribution in [0.3, 0.4) is 0 Å². The molecule has 0 unspecified atom stereocenters. The summed E-state index contributed by atoms with van der Waals surface area (Å²) < 4.78 is 19.8. The van der Waals surface area contributed by atoms with Gasteiger partial charge in [0.15, 0.2) is 6.10 Å². The Balaban J connectivity index is 1.68. The molecule has 0 saturated heterocycles. The van der Waals surface area contributed by atoms with Crippen molar-refractivity contribution in [3.8, 4) is 16.2 Å². The standard InChI is InChI=1S/C21H17FN2O3S/c1-23-20(25)17-12-24(15-8-4-5-9-16(15)27-17)21(26)19-11-10-18(28-19)13-6-2-3-7-14(13)22/h2-11,17H,12H2,1H3,(H,23,25)/t17-/m1/s1. The Hall–Kier alpha value is -3.19. The fourth-order valence-electron chi connectivity index (χ4n) is 3.12. The third-order valence-corrected chi connectivity index (χ3v) is 5.62. The zero-order chi connectivity index (χ0) is 19.7. The van der Waals surface area contributed by atoms with Gasteiger partial charge in [0, 0.05) is 17.5 Å². The predicted octanol–water partition coefficient (Wildman–Crippen LogP) is 3.71. The van der Waals surface area contributed by atoms with Gasteiger partial charge in [0.2, 0.25) is 0 Å². The largest absolute Gasteiger partial charge is 0.477 e. The molecule has 0 bridgehead atoms. The molecule has 1 aliphatic heterocycles. The number of amides is 2. The number of carbonyl (C=O) groups is 2. The number of ether oxygens (including phenoxy) is 1. The smallest absolute Gasteiger partial charge is 0.268 e. The second-order valence-electron chi connectivity index (χ2n) is 6.25. The molecule has 1 aromatic heterocycles. The number of fused-ring (bicyclic) bond motifs is 1. The minimum atomic E-state index is -0.796. The summed E-state index contributed by atoms with van der Waals surface area (Å²) in [6.45, 7) is 0.0997. The Morgan fingerprint density at radius 2 is 1.86 bits per heavy atom. The highest BCUT2D eigenvalue weighted by molar-refractivity contribution is 7.17. The van der Waals surface area contributed by atoms with Gasteiger partial charge in [0.25, 0.3) is 11.8 Å². The van der Waals surface area contributed by atoms with Gasteiger partial charge in [0.05, 0.1) is 17.1 Å². The Morgan fingerprint density at radius 3 is 2.64 bits per heavy atom. The van der Waals surface area contributed by atoms with Crippen molar-refractivity contribution in [2.45, 2.75) is 6.10 Å². The maximum atomic E-state index is 14.1. The number of hydrogen-bond acceptors (Lipinski definition) is 4. The van der Waals surface area contributed by atoms with Gasteiger partial charge in [0.1, 0.15) is 11.6 Å². The van der Waals surface area contributed by atoms with Crippen molar-refractivity contribution < 1.29 is 18.7 Å². The topological polar surface area (TPSA) is 58.6 Å². The monoisotopic (exact) mass is 396 g/mol. The van der Waals surface area contributed by atoms with E-state index in [0.717, 1.165) is 0 Å². The molecule has 0 saturated carbocycles. The number of para-hydroxylation sites is 2. The Bertz CT molecular complexity index is 1050. The summed E-state index contributed by atoms with van der Waals surface area (Å²) in [6, 6.07) is 17.0. The van der Waals surface area contributed by atoms with E-state index in [4.69, 9.17) is 4.74 Å². The molecule has 1 N–H and O–H groups in total. The molecule has 28 heavy (non-hydrogen) atoms. The number of carbonyl (C=O) groups excluding carboxylic acids is 2. The minimum Gasteiger partial charge on any atom is -0.477 e. The molecule has 1 atom stereocenters. The summed E-state index contributed by atoms with van der Waals surface area (Å²) in [5.41, 5.74) is 1.06. The molecule has 2 heterocycles. The Morgan fingerprint density at radius 1 is 1.11 bits per heavy atom. The van der Waals surface area contributed by atoms with Gasteiger partial charge < -0.3 is 10.1 Å². The van der Waals surface area contributed by atoms with Gasteiger partial charge >= 0.3 is 0 Å². The van der Waals surface area contributed by atoms with E-state index in [1.165, 1.54) is 29.4 Å². The van der Waals surface area contributed by atoms with E-state index in [0.29, 0.717) is 26.8 Å². The van der Waals surface area contributed by atoms with Crippen LogP contribution in [-0.2, 0) is 4.79 Å². The zero-order valence-corrected chi connectivity index (χ0v) is 15.8. The number of halogens is 1. The fourth-order valence-corrected chi connectivity index (χ4v) is 4.10. The first-order valence-corrected chi connectivity index (χ1v) is 9.54. The summed E-state index contributed by atoms with van der Waals surface area (Å²) in [5.74, 6) is -0.413. The highest BCUT2D eigenvalue weighted by atomic mass is 32.1. The maximum absolute atomic E-state index is 14.1. The first-order valence-electron chi connectivity index (χ1n) is 8.72. The van der Waals surface area contributed by atoms with E-state index < -0.39 is 6.10 Å². The molecule has 2 amide bonds. The number of thiophene rings is 1. The summed E-state index contributed by atoms with van der Waals surface area (Å²) >= 11 is 1.22. The first kappa shape index (κ1) is 18.2. The number of hydrogen-bond donors (Lipinski definition) is 1. The average Bonchev–Trinajstić information content (AvgIpc) is 3.22. The molecule has 0 spiro atoms. The van der Waals surface area contributed by atoms with E-state index >= 15 is 0 Å². The van der Waals surface area contributed by atoms with Crippen molar-refractivity contribution in [2.75, 3.05) is 18.5 Å². The maximum Gasteiger partial charge on any atom is 0.268 e. The number of likely N-dealkylation sites (N-methyl/N-ethyl adjacent to an activating group) is 1. The lowest BCUT2D eigenvalue weighted by atomic mass is 10.1. The highest BCUT2D eigenvalue weighted by Crippen LogP contribution is 2.36. The Kier molecular flexibility index (Phi) is 4.83. The van der Waals surface area contributed by atoms with Crippen LogP contribution in [0.25, 0.3) is 10.4 Å². The van der Waals surface area contributed by atoms with Gasteiger partial charge in [-0.2, -0.15) is 0 Å². The van der Waals surface area contributed by atoms with E-state index in [9.17, 15) is 14.0 Å². The van der Waals surface area contributed by atoms with E-state index in [-0.39, 0.29) is 24.2 Å². The minimum absolute atomic E-state index is 0.0997. The van der Waals surface area contributed by atoms with Crippen molar-refractivity contribution in [1.29, 1.82) is 0 Å². The van der Waals surface area contributed by atoms with Gasteiger partial charge in [-0.15, -0.1) is 11.3 Å². The second-order valence-corrected chi connectivity index (χ2v) is 7.33. The van der Waals surface area contributed by atoms with Gasteiger partial charge in [-0.05, 0) is 30.3 Å². The number of nitrogens with one attached hydrogen (secondary N) is 1. The molecule has 0 radical (unpaired) electrons. The van der Waals surface area contributed by atoms with Crippen LogP contribution in [0.15, 0.2) is 60.7 Å². The Labute approximate surface area is 165 Å². The number of benzene rings is 2. The van der Waals surface area contributed by atoms with Crippen LogP contribution in [0, 0.1) is 5.82 Å². The SMILES string of the molecule is CNC(=O)[C@H]1CN(C(=O)c2ccc(-c3ccccc3F)s2)c2ccccc2O1. The van der Waals surface area contributed by atoms with Crippen LogP contribution in [0.1, 0.15) is 9.67 Å². The predicted molar refractivity (Wildman–Crippen MR) is 106 cm³/mol. The van der Waals surface area contributed by atoms with Crippen LogP contribution in [0.2, 0.25) is 0 Å². The lowest BCUT2D eigenvalue weighted by Gasteiger charge is -2.33. The van der Waals surface area contributed by atoms with Crippen molar-refractivity contribution in [1.82, 2.24) is 5.32 Å². The quantitative estimate of drug-likeness (QED) is 0.734. The number of rotatable bonds is 3. The molecule has 4 rings (SSSR count). The number of nitrogens with zero attached hydrogens (tertiary/aromatic N) is 1. The fraction of sp³-hybridized carbons (Fsp3) is 0.143. The molecule has 0 aliphatic carbocycles. The summed E-state index contributed by atoms with van der Waals surface area (Å²) in [4.78, 5) is 28.0. The van der Waals surface area contributed by atoms with Crippen molar-refractivity contribution in [3.63, 3.8) is 0 Å². The normalized spacial score (nSPS) is 15.5. The third kappa shape index (κ3) is 3.25. The van der Waals surface area contributed by atoms with Gasteiger partial charge in [-0.25, -0.2) is 4.39 Å². The summed E-state index contributed by atoms with van der Waals surface area (Å²) in [7, 11) is 1.53. The zero-order valence-electron chi connectivity index (χ0n) is 15.0. The average molecular weight is 396 g/mol. The second kappa shape index (κ2) is 7.44. The van der Waals surface area contributed by atoms with Gasteiger partial charge in [-0.3, -0.25) is 14.5 Å². The lowest BCUT2D eigenvalue weighted by Crippen LogP contribution is -2.50. The third-order valence-electron chi connectivity index (χ3n) is 4.51. The van der Waals surface area contributed by atoms with Crippen LogP contribution in [0.5, 0.6) is 5.75 Å². The summed E-state index contributed by atoms with van der Waals surface area (Å²) in [5, 5.41) is 2.56. The first-order chi connectivity index (χ1) is 13.6. The van der Waals surface area contributed by atoms with Gasteiger partial charge in [-0.1, -0.05) is 30.3 Å². The molecule has 2 aromatic carbocycles. The van der Waals surface area contributed by atoms with Crippen molar-refractivity contribution >= 4 is 28.8 Å². The van der Waals surface area contributed by atoms with Crippen LogP contribution in [-0.4, -0.2) is 31.5 Å². The molecule has 142 valence electrons.